The van der Waals surface area contributed by atoms with Crippen molar-refractivity contribution in [2.45, 2.75) is 13.1 Å². The second-order valence-corrected chi connectivity index (χ2v) is 3.91. The summed E-state index contributed by atoms with van der Waals surface area (Å²) < 4.78 is 38.5. The number of halogens is 4. The average Bonchev–Trinajstić information content (AvgIpc) is 2.70. The lowest BCUT2D eigenvalue weighted by Crippen LogP contribution is -2.06. The van der Waals surface area contributed by atoms with Gasteiger partial charge in [0.15, 0.2) is 0 Å². The van der Waals surface area contributed by atoms with Crippen LogP contribution >= 0.6 is 12.4 Å². The number of aromatic nitrogens is 2. The molecule has 0 aliphatic carbocycles. The first-order valence-corrected chi connectivity index (χ1v) is 5.26. The molecule has 0 saturated carbocycles. The van der Waals surface area contributed by atoms with Gasteiger partial charge in [-0.2, -0.15) is 18.3 Å². The smallest absolute Gasteiger partial charge is 0.416 e. The standard InChI is InChI=1S/C12H9F3N2O2.ClH/c1-7-10(11(18)19)6-16-17(7)9-4-2-8(3-5-9)12(13,14)15;/h2-6H,1H3,(H,18,19);1H. The van der Waals surface area contributed by atoms with E-state index in [-0.39, 0.29) is 18.0 Å². The van der Waals surface area contributed by atoms with E-state index in [0.29, 0.717) is 11.4 Å². The fourth-order valence-corrected chi connectivity index (χ4v) is 1.67. The van der Waals surface area contributed by atoms with Crippen LogP contribution in [-0.4, -0.2) is 20.9 Å². The van der Waals surface area contributed by atoms with Gasteiger partial charge in [-0.25, -0.2) is 9.48 Å². The molecule has 2 aromatic rings. The van der Waals surface area contributed by atoms with E-state index >= 15 is 0 Å². The molecule has 20 heavy (non-hydrogen) atoms. The molecule has 1 aromatic heterocycles. The molecule has 0 aliphatic heterocycles. The first-order chi connectivity index (χ1) is 8.80. The number of carboxylic acids is 1. The lowest BCUT2D eigenvalue weighted by molar-refractivity contribution is -0.137. The van der Waals surface area contributed by atoms with Gasteiger partial charge in [0.25, 0.3) is 0 Å². The number of rotatable bonds is 2. The summed E-state index contributed by atoms with van der Waals surface area (Å²) in [6, 6.07) is 4.34. The third-order valence-corrected chi connectivity index (χ3v) is 2.68. The number of hydrogen-bond donors (Lipinski definition) is 1. The third kappa shape index (κ3) is 2.93. The van der Waals surface area contributed by atoms with Gasteiger partial charge in [0, 0.05) is 0 Å². The highest BCUT2D eigenvalue weighted by atomic mass is 35.5. The molecule has 0 saturated heterocycles. The van der Waals surface area contributed by atoms with Crippen molar-refractivity contribution in [3.05, 3.63) is 47.3 Å². The Morgan fingerprint density at radius 2 is 1.80 bits per heavy atom. The summed E-state index contributed by atoms with van der Waals surface area (Å²) in [5.41, 5.74) is -0.0235. The number of nitrogens with zero attached hydrogens (tertiary/aromatic N) is 2. The SMILES string of the molecule is Cc1c(C(=O)O)cnn1-c1ccc(C(F)(F)F)cc1.Cl. The molecule has 4 nitrogen and oxygen atoms in total. The molecule has 0 atom stereocenters. The molecular formula is C12H10ClF3N2O2. The zero-order valence-corrected chi connectivity index (χ0v) is 11.0. The van der Waals surface area contributed by atoms with Crippen LogP contribution < -0.4 is 0 Å². The van der Waals surface area contributed by atoms with Crippen molar-refractivity contribution in [3.8, 4) is 5.69 Å². The van der Waals surface area contributed by atoms with Gasteiger partial charge < -0.3 is 5.11 Å². The number of alkyl halides is 3. The minimum Gasteiger partial charge on any atom is -0.478 e. The van der Waals surface area contributed by atoms with Gasteiger partial charge in [0.2, 0.25) is 0 Å². The minimum absolute atomic E-state index is 0. The molecule has 2 rings (SSSR count). The lowest BCUT2D eigenvalue weighted by Gasteiger charge is -2.08. The number of hydrogen-bond acceptors (Lipinski definition) is 2. The van der Waals surface area contributed by atoms with Gasteiger partial charge in [-0.1, -0.05) is 0 Å². The van der Waals surface area contributed by atoms with E-state index in [2.05, 4.69) is 5.10 Å². The van der Waals surface area contributed by atoms with Gasteiger partial charge in [-0.3, -0.25) is 0 Å². The largest absolute Gasteiger partial charge is 0.478 e. The van der Waals surface area contributed by atoms with Gasteiger partial charge >= 0.3 is 12.1 Å². The van der Waals surface area contributed by atoms with Crippen LogP contribution in [0.3, 0.4) is 0 Å². The molecule has 1 heterocycles. The van der Waals surface area contributed by atoms with Crippen LogP contribution in [0.2, 0.25) is 0 Å². The summed E-state index contributed by atoms with van der Waals surface area (Å²) in [5.74, 6) is -1.13. The summed E-state index contributed by atoms with van der Waals surface area (Å²) in [6.07, 6.45) is -3.24. The molecule has 0 amide bonds. The number of aromatic carboxylic acids is 1. The maximum Gasteiger partial charge on any atom is 0.416 e. The van der Waals surface area contributed by atoms with E-state index in [0.717, 1.165) is 18.3 Å². The van der Waals surface area contributed by atoms with Crippen molar-refractivity contribution in [2.24, 2.45) is 0 Å². The van der Waals surface area contributed by atoms with Crippen molar-refractivity contribution in [3.63, 3.8) is 0 Å². The maximum absolute atomic E-state index is 12.4. The molecule has 0 spiro atoms. The van der Waals surface area contributed by atoms with Crippen LogP contribution in [0.1, 0.15) is 21.6 Å². The van der Waals surface area contributed by atoms with Crippen LogP contribution in [0.5, 0.6) is 0 Å². The van der Waals surface area contributed by atoms with Crippen molar-refractivity contribution < 1.29 is 23.1 Å². The first-order valence-electron chi connectivity index (χ1n) is 5.26. The fourth-order valence-electron chi connectivity index (χ4n) is 1.67. The molecule has 0 radical (unpaired) electrons. The summed E-state index contributed by atoms with van der Waals surface area (Å²) >= 11 is 0. The van der Waals surface area contributed by atoms with Crippen LogP contribution in [0.15, 0.2) is 30.5 Å². The molecular weight excluding hydrogens is 297 g/mol. The molecule has 0 bridgehead atoms. The van der Waals surface area contributed by atoms with Crippen LogP contribution in [0.25, 0.3) is 5.69 Å². The Kier molecular flexibility index (Phi) is 4.44. The Hall–Kier alpha value is -2.02. The molecule has 1 aromatic carbocycles. The molecule has 0 unspecified atom stereocenters. The third-order valence-electron chi connectivity index (χ3n) is 2.68. The van der Waals surface area contributed by atoms with Gasteiger partial charge in [-0.15, -0.1) is 12.4 Å². The lowest BCUT2D eigenvalue weighted by atomic mass is 10.2. The van der Waals surface area contributed by atoms with E-state index < -0.39 is 17.7 Å². The molecule has 0 aliphatic rings. The predicted octanol–water partition coefficient (Wildman–Crippen LogP) is 3.32. The number of benzene rings is 1. The highest BCUT2D eigenvalue weighted by molar-refractivity contribution is 5.88. The Morgan fingerprint density at radius 1 is 1.25 bits per heavy atom. The van der Waals surface area contributed by atoms with Crippen molar-refractivity contribution >= 4 is 18.4 Å². The highest BCUT2D eigenvalue weighted by Crippen LogP contribution is 2.29. The Balaban J connectivity index is 0.00000200. The van der Waals surface area contributed by atoms with Crippen LogP contribution in [-0.2, 0) is 6.18 Å². The first kappa shape index (κ1) is 16.0. The van der Waals surface area contributed by atoms with E-state index in [1.807, 2.05) is 0 Å². The van der Waals surface area contributed by atoms with Gasteiger partial charge in [-0.05, 0) is 31.2 Å². The maximum atomic E-state index is 12.4. The average molecular weight is 307 g/mol. The number of carboxylic acid groups (broad SMARTS) is 1. The summed E-state index contributed by atoms with van der Waals surface area (Å²) in [6.45, 7) is 1.54. The quantitative estimate of drug-likeness (QED) is 0.926. The normalized spacial score (nSPS) is 11.0. The summed E-state index contributed by atoms with van der Waals surface area (Å²) in [7, 11) is 0. The Bertz CT molecular complexity index is 621. The second kappa shape index (κ2) is 5.54. The predicted molar refractivity (Wildman–Crippen MR) is 67.5 cm³/mol. The Labute approximate surface area is 118 Å². The van der Waals surface area contributed by atoms with Gasteiger partial charge in [0.1, 0.15) is 5.56 Å². The minimum atomic E-state index is -4.40. The zero-order chi connectivity index (χ0) is 14.2. The van der Waals surface area contributed by atoms with E-state index in [9.17, 15) is 18.0 Å². The topological polar surface area (TPSA) is 55.1 Å². The summed E-state index contributed by atoms with van der Waals surface area (Å²) in [4.78, 5) is 10.8. The second-order valence-electron chi connectivity index (χ2n) is 3.91. The fraction of sp³-hybridized carbons (Fsp3) is 0.167. The Morgan fingerprint density at radius 3 is 2.20 bits per heavy atom. The molecule has 0 fully saturated rings. The molecule has 8 heteroatoms. The van der Waals surface area contributed by atoms with Gasteiger partial charge in [0.05, 0.1) is 23.1 Å². The summed E-state index contributed by atoms with van der Waals surface area (Å²) in [5, 5.41) is 12.7. The highest BCUT2D eigenvalue weighted by Gasteiger charge is 2.30. The zero-order valence-electron chi connectivity index (χ0n) is 10.2. The van der Waals surface area contributed by atoms with Crippen LogP contribution in [0.4, 0.5) is 13.2 Å². The van der Waals surface area contributed by atoms with Crippen molar-refractivity contribution in [1.29, 1.82) is 0 Å². The van der Waals surface area contributed by atoms with E-state index in [4.69, 9.17) is 5.11 Å². The van der Waals surface area contributed by atoms with Crippen molar-refractivity contribution in [1.82, 2.24) is 9.78 Å². The molecule has 108 valence electrons. The van der Waals surface area contributed by atoms with E-state index in [1.165, 1.54) is 23.7 Å². The monoisotopic (exact) mass is 306 g/mol. The number of carbonyl (C=O) groups is 1. The van der Waals surface area contributed by atoms with Crippen molar-refractivity contribution in [2.75, 3.05) is 0 Å². The van der Waals surface area contributed by atoms with Crippen LogP contribution in [0, 0.1) is 6.92 Å². The molecule has 1 N–H and O–H groups in total. The van der Waals surface area contributed by atoms with E-state index in [1.54, 1.807) is 0 Å².